The minimum Gasteiger partial charge on any atom is -0.507 e. The lowest BCUT2D eigenvalue weighted by Crippen LogP contribution is -2.32. The third-order valence-electron chi connectivity index (χ3n) is 4.25. The van der Waals surface area contributed by atoms with Crippen LogP contribution in [-0.2, 0) is 0 Å². The number of methoxy groups -OCH3 is 1. The number of piperidine rings is 1. The summed E-state index contributed by atoms with van der Waals surface area (Å²) in [7, 11) is 1.61. The molecular weight excluding hydrogens is 264 g/mol. The molecule has 118 valence electrons. The second-order valence-corrected chi connectivity index (χ2v) is 5.86. The summed E-state index contributed by atoms with van der Waals surface area (Å²) in [5, 5.41) is 13.5. The summed E-state index contributed by atoms with van der Waals surface area (Å²) in [5.41, 5.74) is 0.925. The zero-order valence-electron chi connectivity index (χ0n) is 13.3. The molecule has 2 N–H and O–H groups in total. The molecule has 0 amide bonds. The Kier molecular flexibility index (Phi) is 6.33. The molecule has 1 saturated heterocycles. The van der Waals surface area contributed by atoms with Gasteiger partial charge in [0.15, 0.2) is 0 Å². The largest absolute Gasteiger partial charge is 0.507 e. The summed E-state index contributed by atoms with van der Waals surface area (Å²) in [5.74, 6) is 0.985. The van der Waals surface area contributed by atoms with Crippen LogP contribution in [0.3, 0.4) is 0 Å². The molecule has 0 saturated carbocycles. The van der Waals surface area contributed by atoms with E-state index in [1.54, 1.807) is 13.2 Å². The number of hydrogen-bond acceptors (Lipinski definition) is 4. The maximum atomic E-state index is 10.0. The first-order chi connectivity index (χ1) is 10.2. The van der Waals surface area contributed by atoms with Crippen molar-refractivity contribution in [2.75, 3.05) is 33.3 Å². The van der Waals surface area contributed by atoms with Crippen molar-refractivity contribution >= 4 is 0 Å². The topological polar surface area (TPSA) is 44.7 Å². The highest BCUT2D eigenvalue weighted by Crippen LogP contribution is 2.28. The van der Waals surface area contributed by atoms with E-state index in [1.165, 1.54) is 38.9 Å². The number of likely N-dealkylation sites (tertiary alicyclic amines) is 1. The molecule has 4 nitrogen and oxygen atoms in total. The Morgan fingerprint density at radius 2 is 2.05 bits per heavy atom. The molecule has 1 aromatic rings. The fourth-order valence-electron chi connectivity index (χ4n) is 2.93. The molecule has 0 aliphatic carbocycles. The van der Waals surface area contributed by atoms with Gasteiger partial charge in [0.25, 0.3) is 0 Å². The van der Waals surface area contributed by atoms with Crippen LogP contribution in [0.15, 0.2) is 18.2 Å². The lowest BCUT2D eigenvalue weighted by molar-refractivity contribution is 0.225. The van der Waals surface area contributed by atoms with Crippen molar-refractivity contribution in [3.63, 3.8) is 0 Å². The lowest BCUT2D eigenvalue weighted by atomic mass is 10.1. The second kappa shape index (κ2) is 8.25. The van der Waals surface area contributed by atoms with Gasteiger partial charge in [-0.15, -0.1) is 0 Å². The van der Waals surface area contributed by atoms with Gasteiger partial charge in [-0.05, 0) is 58.4 Å². The van der Waals surface area contributed by atoms with E-state index in [9.17, 15) is 5.11 Å². The fraction of sp³-hybridized carbons (Fsp3) is 0.647. The van der Waals surface area contributed by atoms with Crippen LogP contribution in [0.4, 0.5) is 0 Å². The number of hydrogen-bond donors (Lipinski definition) is 2. The molecule has 1 atom stereocenters. The maximum absolute atomic E-state index is 10.0. The number of ether oxygens (including phenoxy) is 1. The molecule has 0 radical (unpaired) electrons. The zero-order valence-corrected chi connectivity index (χ0v) is 13.3. The van der Waals surface area contributed by atoms with Crippen LogP contribution in [0.1, 0.15) is 44.2 Å². The molecule has 1 aromatic carbocycles. The van der Waals surface area contributed by atoms with Gasteiger partial charge in [-0.25, -0.2) is 0 Å². The Bertz CT molecular complexity index is 431. The molecule has 1 aliphatic heterocycles. The van der Waals surface area contributed by atoms with Crippen LogP contribution < -0.4 is 10.1 Å². The van der Waals surface area contributed by atoms with Gasteiger partial charge in [-0.1, -0.05) is 12.5 Å². The normalized spacial score (nSPS) is 17.6. The Morgan fingerprint density at radius 1 is 1.29 bits per heavy atom. The average Bonchev–Trinajstić information content (AvgIpc) is 2.52. The highest BCUT2D eigenvalue weighted by molar-refractivity contribution is 5.41. The van der Waals surface area contributed by atoms with Crippen LogP contribution in [0, 0.1) is 0 Å². The first kappa shape index (κ1) is 16.1. The Morgan fingerprint density at radius 3 is 2.71 bits per heavy atom. The van der Waals surface area contributed by atoms with Gasteiger partial charge in [0.2, 0.25) is 0 Å². The Balaban J connectivity index is 1.72. The summed E-state index contributed by atoms with van der Waals surface area (Å²) in [4.78, 5) is 2.56. The standard InChI is InChI=1S/C17H28N2O2/c1-14(16-8-7-15(21-2)13-17(16)20)18-9-6-12-19-10-4-3-5-11-19/h7-8,13-14,18,20H,3-6,9-12H2,1-2H3. The van der Waals surface area contributed by atoms with Crippen LogP contribution in [0.2, 0.25) is 0 Å². The van der Waals surface area contributed by atoms with E-state index in [2.05, 4.69) is 17.1 Å². The average molecular weight is 292 g/mol. The minimum atomic E-state index is 0.150. The van der Waals surface area contributed by atoms with Crippen molar-refractivity contribution in [3.8, 4) is 11.5 Å². The van der Waals surface area contributed by atoms with Gasteiger partial charge in [0.1, 0.15) is 11.5 Å². The van der Waals surface area contributed by atoms with Crippen molar-refractivity contribution in [3.05, 3.63) is 23.8 Å². The number of phenols is 1. The summed E-state index contributed by atoms with van der Waals surface area (Å²) in [6, 6.07) is 5.64. The molecule has 1 aliphatic rings. The van der Waals surface area contributed by atoms with Crippen LogP contribution in [0.25, 0.3) is 0 Å². The predicted octanol–water partition coefficient (Wildman–Crippen LogP) is 2.93. The third kappa shape index (κ3) is 4.90. The highest BCUT2D eigenvalue weighted by Gasteiger charge is 2.12. The van der Waals surface area contributed by atoms with Gasteiger partial charge in [0.05, 0.1) is 7.11 Å². The first-order valence-electron chi connectivity index (χ1n) is 8.03. The van der Waals surface area contributed by atoms with E-state index in [0.717, 1.165) is 18.5 Å². The van der Waals surface area contributed by atoms with Crippen LogP contribution in [-0.4, -0.2) is 43.3 Å². The molecule has 2 rings (SSSR count). The van der Waals surface area contributed by atoms with E-state index < -0.39 is 0 Å². The number of nitrogens with one attached hydrogen (secondary N) is 1. The Labute approximate surface area is 128 Å². The van der Waals surface area contributed by atoms with Gasteiger partial charge >= 0.3 is 0 Å². The van der Waals surface area contributed by atoms with Crippen molar-refractivity contribution in [1.29, 1.82) is 0 Å². The zero-order chi connectivity index (χ0) is 15.1. The first-order valence-corrected chi connectivity index (χ1v) is 8.03. The van der Waals surface area contributed by atoms with E-state index in [1.807, 2.05) is 12.1 Å². The molecule has 0 aromatic heterocycles. The molecule has 0 bridgehead atoms. The van der Waals surface area contributed by atoms with Crippen LogP contribution in [0.5, 0.6) is 11.5 Å². The minimum absolute atomic E-state index is 0.150. The highest BCUT2D eigenvalue weighted by atomic mass is 16.5. The van der Waals surface area contributed by atoms with Crippen molar-refractivity contribution in [2.45, 2.75) is 38.6 Å². The van der Waals surface area contributed by atoms with Crippen molar-refractivity contribution < 1.29 is 9.84 Å². The van der Waals surface area contributed by atoms with Gasteiger partial charge in [0, 0.05) is 17.7 Å². The molecule has 1 fully saturated rings. The van der Waals surface area contributed by atoms with Crippen molar-refractivity contribution in [2.24, 2.45) is 0 Å². The summed E-state index contributed by atoms with van der Waals surface area (Å²) >= 11 is 0. The van der Waals surface area contributed by atoms with Gasteiger partial charge in [-0.3, -0.25) is 0 Å². The number of rotatable bonds is 7. The number of aromatic hydroxyl groups is 1. The molecule has 4 heteroatoms. The monoisotopic (exact) mass is 292 g/mol. The molecule has 1 unspecified atom stereocenters. The second-order valence-electron chi connectivity index (χ2n) is 5.86. The number of phenolic OH excluding ortho intramolecular Hbond substituents is 1. The van der Waals surface area contributed by atoms with E-state index in [-0.39, 0.29) is 6.04 Å². The summed E-state index contributed by atoms with van der Waals surface area (Å²) < 4.78 is 5.11. The maximum Gasteiger partial charge on any atom is 0.124 e. The SMILES string of the molecule is COc1ccc(C(C)NCCCN2CCCCC2)c(O)c1. The van der Waals surface area contributed by atoms with Gasteiger partial charge < -0.3 is 20.1 Å². The smallest absolute Gasteiger partial charge is 0.124 e. The third-order valence-corrected chi connectivity index (χ3v) is 4.25. The van der Waals surface area contributed by atoms with E-state index >= 15 is 0 Å². The quantitative estimate of drug-likeness (QED) is 0.759. The molecule has 0 spiro atoms. The summed E-state index contributed by atoms with van der Waals surface area (Å²) in [6.07, 6.45) is 5.25. The van der Waals surface area contributed by atoms with E-state index in [4.69, 9.17) is 4.74 Å². The summed E-state index contributed by atoms with van der Waals surface area (Å²) in [6.45, 7) is 6.75. The Hall–Kier alpha value is -1.26. The fourth-order valence-corrected chi connectivity index (χ4v) is 2.93. The number of benzene rings is 1. The molecule has 1 heterocycles. The van der Waals surface area contributed by atoms with Crippen LogP contribution >= 0.6 is 0 Å². The predicted molar refractivity (Wildman–Crippen MR) is 86.0 cm³/mol. The molecular formula is C17H28N2O2. The van der Waals surface area contributed by atoms with E-state index in [0.29, 0.717) is 11.5 Å². The lowest BCUT2D eigenvalue weighted by Gasteiger charge is -2.26. The number of nitrogens with zero attached hydrogens (tertiary/aromatic N) is 1. The van der Waals surface area contributed by atoms with Gasteiger partial charge in [-0.2, -0.15) is 0 Å². The molecule has 21 heavy (non-hydrogen) atoms. The van der Waals surface area contributed by atoms with Crippen molar-refractivity contribution in [1.82, 2.24) is 10.2 Å².